The number of imide groups is 2. The summed E-state index contributed by atoms with van der Waals surface area (Å²) in [5.74, 6) is 0.672. The third-order valence-electron chi connectivity index (χ3n) is 8.67. The minimum absolute atomic E-state index is 0.205. The molecule has 0 spiro atoms. The fourth-order valence-corrected chi connectivity index (χ4v) is 7.40. The minimum Gasteiger partial charge on any atom is -0.481 e. The van der Waals surface area contributed by atoms with Gasteiger partial charge in [-0.05, 0) is 91.5 Å². The standard InChI is InChI=1S/C30H30N2O6/c1-37-26(33)17-38-25-5-3-2-4-21(25)13-24-27(34)31-29(36)32(28(24)35)23-8-6-22(7-9-23)30-14-18-10-19(15-30)12-20(11-18)16-30/h2-9,13,18-20H,10-12,14-17H2,1H3,(H,31,34,36). The number of urea groups is 1. The third-order valence-corrected chi connectivity index (χ3v) is 8.67. The maximum absolute atomic E-state index is 13.4. The van der Waals surface area contributed by atoms with Crippen LogP contribution in [0.2, 0.25) is 0 Å². The highest BCUT2D eigenvalue weighted by Gasteiger charge is 2.51. The summed E-state index contributed by atoms with van der Waals surface area (Å²) in [4.78, 5) is 51.4. The van der Waals surface area contributed by atoms with Crippen LogP contribution in [0, 0.1) is 17.8 Å². The zero-order chi connectivity index (χ0) is 26.4. The maximum atomic E-state index is 13.4. The van der Waals surface area contributed by atoms with Gasteiger partial charge in [-0.3, -0.25) is 14.9 Å². The Bertz CT molecular complexity index is 1310. The normalized spacial score (nSPS) is 29.0. The van der Waals surface area contributed by atoms with Gasteiger partial charge in [0, 0.05) is 5.56 Å². The Labute approximate surface area is 221 Å². The Kier molecular flexibility index (Phi) is 6.05. The van der Waals surface area contributed by atoms with Crippen LogP contribution in [0.5, 0.6) is 5.75 Å². The molecule has 0 radical (unpaired) electrons. The van der Waals surface area contributed by atoms with E-state index in [0.29, 0.717) is 17.0 Å². The molecule has 4 saturated carbocycles. The summed E-state index contributed by atoms with van der Waals surface area (Å²) < 4.78 is 10.1. The Balaban J connectivity index is 1.26. The van der Waals surface area contributed by atoms with E-state index in [9.17, 15) is 19.2 Å². The first-order valence-electron chi connectivity index (χ1n) is 13.2. The second-order valence-electron chi connectivity index (χ2n) is 11.1. The fraction of sp³-hybridized carbons (Fsp3) is 0.400. The minimum atomic E-state index is -0.788. The first-order chi connectivity index (χ1) is 18.3. The number of hydrogen-bond donors (Lipinski definition) is 1. The summed E-state index contributed by atoms with van der Waals surface area (Å²) in [5, 5.41) is 2.27. The van der Waals surface area contributed by atoms with Crippen molar-refractivity contribution in [2.24, 2.45) is 17.8 Å². The Hall–Kier alpha value is -3.94. The summed E-state index contributed by atoms with van der Waals surface area (Å²) in [7, 11) is 1.26. The number of nitrogens with zero attached hydrogens (tertiary/aromatic N) is 1. The van der Waals surface area contributed by atoms with Crippen LogP contribution in [-0.2, 0) is 24.5 Å². The predicted octanol–water partition coefficient (Wildman–Crippen LogP) is 4.37. The van der Waals surface area contributed by atoms with E-state index in [4.69, 9.17) is 4.74 Å². The molecule has 4 aliphatic carbocycles. The van der Waals surface area contributed by atoms with E-state index in [2.05, 4.69) is 22.2 Å². The molecule has 2 aromatic carbocycles. The van der Waals surface area contributed by atoms with Crippen LogP contribution in [0.3, 0.4) is 0 Å². The van der Waals surface area contributed by atoms with Crippen molar-refractivity contribution in [2.45, 2.75) is 43.9 Å². The van der Waals surface area contributed by atoms with Crippen LogP contribution >= 0.6 is 0 Å². The van der Waals surface area contributed by atoms with Gasteiger partial charge in [0.25, 0.3) is 11.8 Å². The van der Waals surface area contributed by atoms with E-state index >= 15 is 0 Å². The zero-order valence-electron chi connectivity index (χ0n) is 21.3. The van der Waals surface area contributed by atoms with E-state index in [1.165, 1.54) is 57.3 Å². The number of ether oxygens (including phenoxy) is 2. The van der Waals surface area contributed by atoms with Crippen molar-refractivity contribution in [3.05, 3.63) is 65.2 Å². The molecule has 8 nitrogen and oxygen atoms in total. The topological polar surface area (TPSA) is 102 Å². The van der Waals surface area contributed by atoms with Crippen LogP contribution in [0.25, 0.3) is 6.08 Å². The molecule has 1 aliphatic heterocycles. The average molecular weight is 515 g/mol. The molecular weight excluding hydrogens is 484 g/mol. The van der Waals surface area contributed by atoms with Gasteiger partial charge in [0.05, 0.1) is 12.8 Å². The largest absolute Gasteiger partial charge is 0.481 e. The number of hydrogen-bond acceptors (Lipinski definition) is 6. The summed E-state index contributed by atoms with van der Waals surface area (Å²) in [6.07, 6.45) is 9.12. The molecule has 1 heterocycles. The number of methoxy groups -OCH3 is 1. The van der Waals surface area contributed by atoms with Crippen molar-refractivity contribution in [1.29, 1.82) is 0 Å². The number of carbonyl (C=O) groups excluding carboxylic acids is 4. The van der Waals surface area contributed by atoms with Crippen molar-refractivity contribution in [1.82, 2.24) is 5.32 Å². The van der Waals surface area contributed by atoms with Crippen LogP contribution in [0.15, 0.2) is 54.1 Å². The molecule has 4 bridgehead atoms. The molecule has 5 fully saturated rings. The number of barbiturate groups is 1. The van der Waals surface area contributed by atoms with Gasteiger partial charge in [-0.25, -0.2) is 14.5 Å². The van der Waals surface area contributed by atoms with Gasteiger partial charge in [-0.15, -0.1) is 0 Å². The Morgan fingerprint density at radius 1 is 0.974 bits per heavy atom. The van der Waals surface area contributed by atoms with Gasteiger partial charge in [-0.2, -0.15) is 0 Å². The van der Waals surface area contributed by atoms with E-state index in [1.807, 2.05) is 12.1 Å². The van der Waals surface area contributed by atoms with Crippen molar-refractivity contribution in [3.63, 3.8) is 0 Å². The van der Waals surface area contributed by atoms with Crippen molar-refractivity contribution < 1.29 is 28.7 Å². The SMILES string of the molecule is COC(=O)COc1ccccc1C=C1C(=O)NC(=O)N(c2ccc(C34CC5CC(CC(C5)C3)C4)cc2)C1=O. The molecule has 1 N–H and O–H groups in total. The molecule has 8 heteroatoms. The van der Waals surface area contributed by atoms with Gasteiger partial charge in [0.15, 0.2) is 6.61 Å². The Morgan fingerprint density at radius 2 is 1.61 bits per heavy atom. The lowest BCUT2D eigenvalue weighted by atomic mass is 9.48. The number of anilines is 1. The molecule has 1 saturated heterocycles. The number of para-hydroxylation sites is 1. The summed E-state index contributed by atoms with van der Waals surface area (Å²) in [6, 6.07) is 13.6. The third kappa shape index (κ3) is 4.27. The molecule has 0 aromatic heterocycles. The summed E-state index contributed by atoms with van der Waals surface area (Å²) in [5.41, 5.74) is 2.12. The lowest BCUT2D eigenvalue weighted by molar-refractivity contribution is -0.143. The molecule has 5 aliphatic rings. The van der Waals surface area contributed by atoms with Crippen molar-refractivity contribution in [3.8, 4) is 5.75 Å². The summed E-state index contributed by atoms with van der Waals surface area (Å²) in [6.45, 7) is -0.322. The molecule has 7 rings (SSSR count). The summed E-state index contributed by atoms with van der Waals surface area (Å²) >= 11 is 0. The van der Waals surface area contributed by atoms with E-state index in [0.717, 1.165) is 22.7 Å². The molecule has 2 aromatic rings. The number of nitrogens with one attached hydrogen (secondary N) is 1. The molecule has 4 amide bonds. The second kappa shape index (κ2) is 9.42. The van der Waals surface area contributed by atoms with Crippen LogP contribution < -0.4 is 15.0 Å². The molecule has 196 valence electrons. The van der Waals surface area contributed by atoms with Gasteiger partial charge in [0.1, 0.15) is 11.3 Å². The van der Waals surface area contributed by atoms with Crippen LogP contribution in [0.1, 0.15) is 49.7 Å². The highest BCUT2D eigenvalue weighted by Crippen LogP contribution is 2.60. The number of rotatable bonds is 6. The number of carbonyl (C=O) groups is 4. The zero-order valence-corrected chi connectivity index (χ0v) is 21.3. The van der Waals surface area contributed by atoms with Gasteiger partial charge in [0.2, 0.25) is 0 Å². The second-order valence-corrected chi connectivity index (χ2v) is 11.1. The molecular formula is C30H30N2O6. The highest BCUT2D eigenvalue weighted by molar-refractivity contribution is 6.39. The maximum Gasteiger partial charge on any atom is 0.343 e. The first kappa shape index (κ1) is 24.4. The fourth-order valence-electron chi connectivity index (χ4n) is 7.40. The number of benzene rings is 2. The van der Waals surface area contributed by atoms with Crippen molar-refractivity contribution >= 4 is 35.6 Å². The molecule has 38 heavy (non-hydrogen) atoms. The van der Waals surface area contributed by atoms with Crippen LogP contribution in [-0.4, -0.2) is 37.5 Å². The molecule has 0 unspecified atom stereocenters. The van der Waals surface area contributed by atoms with Crippen LogP contribution in [0.4, 0.5) is 10.5 Å². The molecule has 0 atom stereocenters. The number of amides is 4. The first-order valence-corrected chi connectivity index (χ1v) is 13.2. The monoisotopic (exact) mass is 514 g/mol. The highest BCUT2D eigenvalue weighted by atomic mass is 16.6. The average Bonchev–Trinajstić information content (AvgIpc) is 2.89. The quantitative estimate of drug-likeness (QED) is 0.349. The van der Waals surface area contributed by atoms with E-state index < -0.39 is 23.8 Å². The van der Waals surface area contributed by atoms with Gasteiger partial charge in [-0.1, -0.05) is 30.3 Å². The lowest BCUT2D eigenvalue weighted by Crippen LogP contribution is -2.54. The van der Waals surface area contributed by atoms with Gasteiger partial charge >= 0.3 is 12.0 Å². The lowest BCUT2D eigenvalue weighted by Gasteiger charge is -2.57. The van der Waals surface area contributed by atoms with Gasteiger partial charge < -0.3 is 9.47 Å². The smallest absolute Gasteiger partial charge is 0.343 e. The van der Waals surface area contributed by atoms with E-state index in [1.54, 1.807) is 24.3 Å². The Morgan fingerprint density at radius 3 is 2.24 bits per heavy atom. The number of esters is 1. The van der Waals surface area contributed by atoms with E-state index in [-0.39, 0.29) is 17.6 Å². The predicted molar refractivity (Wildman–Crippen MR) is 139 cm³/mol. The van der Waals surface area contributed by atoms with Crippen molar-refractivity contribution in [2.75, 3.05) is 18.6 Å².